The molecule has 0 saturated heterocycles. The molecular weight excluding hydrogens is 394 g/mol. The number of aryl methyl sites for hydroxylation is 1. The Balaban J connectivity index is 1.74. The van der Waals surface area contributed by atoms with Crippen LogP contribution in [0.4, 0.5) is 5.69 Å². The van der Waals surface area contributed by atoms with Gasteiger partial charge < -0.3 is 19.2 Å². The van der Waals surface area contributed by atoms with Gasteiger partial charge in [0.1, 0.15) is 17.1 Å². The third kappa shape index (κ3) is 5.45. The summed E-state index contributed by atoms with van der Waals surface area (Å²) < 4.78 is 16.5. The van der Waals surface area contributed by atoms with Crippen molar-refractivity contribution < 1.29 is 18.7 Å². The van der Waals surface area contributed by atoms with Crippen LogP contribution in [0.25, 0.3) is 11.0 Å². The lowest BCUT2D eigenvalue weighted by Crippen LogP contribution is -2.30. The molecule has 0 aliphatic rings. The lowest BCUT2D eigenvalue weighted by atomic mass is 9.98. The first kappa shape index (κ1) is 22.4. The Hall–Kier alpha value is -3.28. The van der Waals surface area contributed by atoms with E-state index in [1.54, 1.807) is 50.4 Å². The summed E-state index contributed by atoms with van der Waals surface area (Å²) in [7, 11) is 1.59. The van der Waals surface area contributed by atoms with Gasteiger partial charge in [-0.05, 0) is 74.6 Å². The van der Waals surface area contributed by atoms with E-state index in [9.17, 15) is 9.59 Å². The number of carbonyl (C=O) groups is 1. The zero-order valence-electron chi connectivity index (χ0n) is 18.7. The number of ether oxygens (including phenoxy) is 2. The highest BCUT2D eigenvalue weighted by Gasteiger charge is 2.17. The number of methoxy groups -OCH3 is 1. The van der Waals surface area contributed by atoms with Crippen LogP contribution in [-0.4, -0.2) is 19.1 Å². The van der Waals surface area contributed by atoms with Crippen molar-refractivity contribution in [2.45, 2.75) is 46.6 Å². The summed E-state index contributed by atoms with van der Waals surface area (Å²) in [5.41, 5.74) is 2.45. The SMILES string of the molecule is COc1ccc(NC(=O)[C@@H](C)Oc2ccc3c(C)c(CCC(C)C)c(=O)oc3c2)cc1. The predicted molar refractivity (Wildman–Crippen MR) is 122 cm³/mol. The van der Waals surface area contributed by atoms with Crippen LogP contribution >= 0.6 is 0 Å². The summed E-state index contributed by atoms with van der Waals surface area (Å²) in [6.45, 7) is 7.88. The summed E-state index contributed by atoms with van der Waals surface area (Å²) in [6, 6.07) is 12.4. The molecule has 0 bridgehead atoms. The van der Waals surface area contributed by atoms with E-state index in [2.05, 4.69) is 19.2 Å². The van der Waals surface area contributed by atoms with Crippen LogP contribution in [0.15, 0.2) is 51.7 Å². The number of fused-ring (bicyclic) bond motifs is 1. The first-order chi connectivity index (χ1) is 14.8. The zero-order chi connectivity index (χ0) is 22.5. The van der Waals surface area contributed by atoms with Gasteiger partial charge in [0.25, 0.3) is 5.91 Å². The number of rotatable bonds is 8. The van der Waals surface area contributed by atoms with Gasteiger partial charge in [-0.3, -0.25) is 4.79 Å². The smallest absolute Gasteiger partial charge is 0.339 e. The highest BCUT2D eigenvalue weighted by Crippen LogP contribution is 2.26. The topological polar surface area (TPSA) is 77.8 Å². The van der Waals surface area contributed by atoms with Crippen LogP contribution < -0.4 is 20.4 Å². The molecule has 1 N–H and O–H groups in total. The molecular formula is C25H29NO5. The van der Waals surface area contributed by atoms with Gasteiger partial charge in [0.05, 0.1) is 7.11 Å². The molecule has 6 nitrogen and oxygen atoms in total. The molecule has 0 radical (unpaired) electrons. The second-order valence-electron chi connectivity index (χ2n) is 8.06. The Morgan fingerprint density at radius 3 is 2.39 bits per heavy atom. The second kappa shape index (κ2) is 9.69. The fourth-order valence-electron chi connectivity index (χ4n) is 3.35. The Morgan fingerprint density at radius 2 is 1.74 bits per heavy atom. The van der Waals surface area contributed by atoms with Crippen molar-refractivity contribution in [3.05, 3.63) is 64.0 Å². The van der Waals surface area contributed by atoms with Gasteiger partial charge in [0.2, 0.25) is 0 Å². The molecule has 2 aromatic carbocycles. The van der Waals surface area contributed by atoms with Gasteiger partial charge in [-0.25, -0.2) is 4.79 Å². The maximum Gasteiger partial charge on any atom is 0.339 e. The van der Waals surface area contributed by atoms with Crippen LogP contribution in [0.3, 0.4) is 0 Å². The standard InChI is InChI=1S/C25H29NO5/c1-15(2)6-12-22-16(3)21-13-11-20(14-23(21)31-25(22)28)30-17(4)24(27)26-18-7-9-19(29-5)10-8-18/h7-11,13-15,17H,6,12H2,1-5H3,(H,26,27)/t17-/m1/s1. The van der Waals surface area contributed by atoms with Gasteiger partial charge >= 0.3 is 5.63 Å². The molecule has 164 valence electrons. The molecule has 3 rings (SSSR count). The van der Waals surface area contributed by atoms with Crippen molar-refractivity contribution in [2.75, 3.05) is 12.4 Å². The number of hydrogen-bond acceptors (Lipinski definition) is 5. The number of benzene rings is 2. The van der Waals surface area contributed by atoms with Crippen molar-refractivity contribution in [2.24, 2.45) is 5.92 Å². The van der Waals surface area contributed by atoms with Crippen LogP contribution in [0.1, 0.15) is 38.3 Å². The molecule has 31 heavy (non-hydrogen) atoms. The van der Waals surface area contributed by atoms with E-state index < -0.39 is 6.10 Å². The van der Waals surface area contributed by atoms with Crippen molar-refractivity contribution in [3.8, 4) is 11.5 Å². The van der Waals surface area contributed by atoms with E-state index in [0.29, 0.717) is 35.1 Å². The minimum Gasteiger partial charge on any atom is -0.497 e. The first-order valence-corrected chi connectivity index (χ1v) is 10.5. The summed E-state index contributed by atoms with van der Waals surface area (Å²) in [5.74, 6) is 1.40. The lowest BCUT2D eigenvalue weighted by Gasteiger charge is -2.16. The van der Waals surface area contributed by atoms with Crippen LogP contribution in [0.5, 0.6) is 11.5 Å². The first-order valence-electron chi connectivity index (χ1n) is 10.5. The fourth-order valence-corrected chi connectivity index (χ4v) is 3.35. The van der Waals surface area contributed by atoms with Gasteiger partial charge in [0, 0.05) is 22.7 Å². The molecule has 0 spiro atoms. The number of anilines is 1. The molecule has 0 saturated carbocycles. The normalized spacial score (nSPS) is 12.1. The highest BCUT2D eigenvalue weighted by atomic mass is 16.5. The molecule has 6 heteroatoms. The van der Waals surface area contributed by atoms with Crippen molar-refractivity contribution in [3.63, 3.8) is 0 Å². The van der Waals surface area contributed by atoms with Crippen LogP contribution in [-0.2, 0) is 11.2 Å². The van der Waals surface area contributed by atoms with Gasteiger partial charge in [0.15, 0.2) is 6.10 Å². The Bertz CT molecular complexity index is 1120. The minimum atomic E-state index is -0.738. The summed E-state index contributed by atoms with van der Waals surface area (Å²) in [6.07, 6.45) is 0.888. The molecule has 1 atom stereocenters. The fraction of sp³-hybridized carbons (Fsp3) is 0.360. The number of amides is 1. The number of hydrogen-bond donors (Lipinski definition) is 1. The summed E-state index contributed by atoms with van der Waals surface area (Å²) >= 11 is 0. The van der Waals surface area contributed by atoms with Gasteiger partial charge in [-0.1, -0.05) is 13.8 Å². The average Bonchev–Trinajstić information content (AvgIpc) is 2.73. The van der Waals surface area contributed by atoms with E-state index in [0.717, 1.165) is 22.9 Å². The molecule has 0 fully saturated rings. The number of carbonyl (C=O) groups excluding carboxylic acids is 1. The molecule has 1 amide bonds. The molecule has 0 aliphatic heterocycles. The minimum absolute atomic E-state index is 0.285. The van der Waals surface area contributed by atoms with E-state index in [1.165, 1.54) is 0 Å². The van der Waals surface area contributed by atoms with E-state index in [-0.39, 0.29) is 11.5 Å². The Labute approximate surface area is 182 Å². The van der Waals surface area contributed by atoms with Gasteiger partial charge in [-0.2, -0.15) is 0 Å². The Kier molecular flexibility index (Phi) is 7.00. The quantitative estimate of drug-likeness (QED) is 0.510. The maximum atomic E-state index is 12.5. The van der Waals surface area contributed by atoms with Crippen LogP contribution in [0, 0.1) is 12.8 Å². The van der Waals surface area contributed by atoms with E-state index in [1.807, 2.05) is 13.0 Å². The third-order valence-electron chi connectivity index (χ3n) is 5.27. The van der Waals surface area contributed by atoms with Crippen molar-refractivity contribution in [1.82, 2.24) is 0 Å². The lowest BCUT2D eigenvalue weighted by molar-refractivity contribution is -0.122. The predicted octanol–water partition coefficient (Wildman–Crippen LogP) is 5.10. The van der Waals surface area contributed by atoms with Gasteiger partial charge in [-0.15, -0.1) is 0 Å². The van der Waals surface area contributed by atoms with Crippen molar-refractivity contribution in [1.29, 1.82) is 0 Å². The average molecular weight is 424 g/mol. The van der Waals surface area contributed by atoms with Crippen molar-refractivity contribution >= 4 is 22.6 Å². The Morgan fingerprint density at radius 1 is 1.06 bits per heavy atom. The molecule has 3 aromatic rings. The second-order valence-corrected chi connectivity index (χ2v) is 8.06. The molecule has 0 unspecified atom stereocenters. The molecule has 1 aromatic heterocycles. The van der Waals surface area contributed by atoms with Crippen LogP contribution in [0.2, 0.25) is 0 Å². The third-order valence-corrected chi connectivity index (χ3v) is 5.27. The highest BCUT2D eigenvalue weighted by molar-refractivity contribution is 5.94. The molecule has 0 aliphatic carbocycles. The van der Waals surface area contributed by atoms with E-state index >= 15 is 0 Å². The zero-order valence-corrected chi connectivity index (χ0v) is 18.7. The molecule has 1 heterocycles. The number of nitrogens with one attached hydrogen (secondary N) is 1. The summed E-state index contributed by atoms with van der Waals surface area (Å²) in [4.78, 5) is 25.0. The largest absolute Gasteiger partial charge is 0.497 e. The summed E-state index contributed by atoms with van der Waals surface area (Å²) in [5, 5.41) is 3.68. The maximum absolute atomic E-state index is 12.5. The van der Waals surface area contributed by atoms with E-state index in [4.69, 9.17) is 13.9 Å². The monoisotopic (exact) mass is 423 g/mol.